The predicted molar refractivity (Wildman–Crippen MR) is 98.5 cm³/mol. The fraction of sp³-hybridized carbons (Fsp3) is 0.278. The van der Waals surface area contributed by atoms with Gasteiger partial charge in [0.05, 0.1) is 25.9 Å². The second-order valence-electron chi connectivity index (χ2n) is 5.62. The van der Waals surface area contributed by atoms with E-state index >= 15 is 0 Å². The lowest BCUT2D eigenvalue weighted by atomic mass is 10.2. The SMILES string of the molecule is COc1cc(N2CC(CO)OC2=O)ccc1OCc1c(Cl)cccc1Cl. The highest BCUT2D eigenvalue weighted by Gasteiger charge is 2.32. The highest BCUT2D eigenvalue weighted by Crippen LogP contribution is 2.35. The Bertz CT molecular complexity index is 794. The molecule has 1 heterocycles. The molecule has 1 aliphatic heterocycles. The van der Waals surface area contributed by atoms with Crippen molar-refractivity contribution < 1.29 is 24.1 Å². The quantitative estimate of drug-likeness (QED) is 0.800. The van der Waals surface area contributed by atoms with Gasteiger partial charge in [-0.15, -0.1) is 0 Å². The monoisotopic (exact) mass is 397 g/mol. The maximum atomic E-state index is 11.9. The van der Waals surface area contributed by atoms with Crippen LogP contribution in [0.25, 0.3) is 0 Å². The fourth-order valence-corrected chi connectivity index (χ4v) is 3.10. The molecule has 1 fully saturated rings. The number of halogens is 2. The molecule has 1 unspecified atom stereocenters. The average Bonchev–Trinajstić information content (AvgIpc) is 3.02. The highest BCUT2D eigenvalue weighted by molar-refractivity contribution is 6.35. The van der Waals surface area contributed by atoms with Gasteiger partial charge in [-0.2, -0.15) is 0 Å². The summed E-state index contributed by atoms with van der Waals surface area (Å²) in [6.45, 7) is 0.222. The highest BCUT2D eigenvalue weighted by atomic mass is 35.5. The van der Waals surface area contributed by atoms with E-state index in [0.717, 1.165) is 0 Å². The first-order valence-corrected chi connectivity index (χ1v) is 8.61. The number of hydrogen-bond acceptors (Lipinski definition) is 5. The first-order chi connectivity index (χ1) is 12.5. The number of benzene rings is 2. The summed E-state index contributed by atoms with van der Waals surface area (Å²) in [6.07, 6.45) is -1.05. The van der Waals surface area contributed by atoms with Crippen molar-refractivity contribution in [2.75, 3.05) is 25.2 Å². The molecule has 1 saturated heterocycles. The molecular weight excluding hydrogens is 381 g/mol. The number of carbonyl (C=O) groups is 1. The van der Waals surface area contributed by atoms with E-state index in [4.69, 9.17) is 42.5 Å². The summed E-state index contributed by atoms with van der Waals surface area (Å²) >= 11 is 12.3. The number of cyclic esters (lactones) is 1. The van der Waals surface area contributed by atoms with Gasteiger partial charge in [-0.1, -0.05) is 29.3 Å². The molecule has 6 nitrogen and oxygen atoms in total. The summed E-state index contributed by atoms with van der Waals surface area (Å²) in [5.41, 5.74) is 1.27. The van der Waals surface area contributed by atoms with Gasteiger partial charge < -0.3 is 19.3 Å². The average molecular weight is 398 g/mol. The molecule has 2 aromatic rings. The Labute approximate surface area is 160 Å². The Morgan fingerprint density at radius 3 is 2.58 bits per heavy atom. The lowest BCUT2D eigenvalue weighted by Gasteiger charge is -2.17. The zero-order chi connectivity index (χ0) is 18.7. The third-order valence-electron chi connectivity index (χ3n) is 3.97. The summed E-state index contributed by atoms with van der Waals surface area (Å²) in [6, 6.07) is 10.3. The third-order valence-corrected chi connectivity index (χ3v) is 4.68. The number of amides is 1. The van der Waals surface area contributed by atoms with Gasteiger partial charge in [-0.25, -0.2) is 4.79 Å². The van der Waals surface area contributed by atoms with Gasteiger partial charge in [-0.3, -0.25) is 4.90 Å². The Balaban J connectivity index is 1.78. The van der Waals surface area contributed by atoms with E-state index in [1.165, 1.54) is 12.0 Å². The first-order valence-electron chi connectivity index (χ1n) is 7.86. The van der Waals surface area contributed by atoms with E-state index in [0.29, 0.717) is 32.8 Å². The normalized spacial score (nSPS) is 16.5. The fourth-order valence-electron chi connectivity index (χ4n) is 2.59. The van der Waals surface area contributed by atoms with Crippen LogP contribution in [0, 0.1) is 0 Å². The van der Waals surface area contributed by atoms with Crippen molar-refractivity contribution in [2.24, 2.45) is 0 Å². The van der Waals surface area contributed by atoms with Crippen LogP contribution in [0.5, 0.6) is 11.5 Å². The Morgan fingerprint density at radius 1 is 1.23 bits per heavy atom. The van der Waals surface area contributed by atoms with Crippen LogP contribution in [0.2, 0.25) is 10.0 Å². The van der Waals surface area contributed by atoms with Gasteiger partial charge in [0.2, 0.25) is 0 Å². The number of nitrogens with zero attached hydrogens (tertiary/aromatic N) is 1. The van der Waals surface area contributed by atoms with E-state index in [-0.39, 0.29) is 19.8 Å². The maximum absolute atomic E-state index is 11.9. The number of ether oxygens (including phenoxy) is 3. The number of aliphatic hydroxyl groups excluding tert-OH is 1. The topological polar surface area (TPSA) is 68.2 Å². The van der Waals surface area contributed by atoms with Crippen LogP contribution in [0.15, 0.2) is 36.4 Å². The number of methoxy groups -OCH3 is 1. The lowest BCUT2D eigenvalue weighted by Crippen LogP contribution is -2.25. The molecule has 0 spiro atoms. The summed E-state index contributed by atoms with van der Waals surface area (Å²) in [4.78, 5) is 13.3. The van der Waals surface area contributed by atoms with Gasteiger partial charge in [0, 0.05) is 21.7 Å². The van der Waals surface area contributed by atoms with Crippen molar-refractivity contribution in [1.29, 1.82) is 0 Å². The van der Waals surface area contributed by atoms with E-state index in [9.17, 15) is 4.79 Å². The molecule has 2 aromatic carbocycles. The smallest absolute Gasteiger partial charge is 0.414 e. The van der Waals surface area contributed by atoms with Crippen molar-refractivity contribution in [3.8, 4) is 11.5 Å². The van der Waals surface area contributed by atoms with Gasteiger partial charge in [0.15, 0.2) is 11.5 Å². The van der Waals surface area contributed by atoms with Crippen LogP contribution in [-0.4, -0.2) is 37.6 Å². The number of aliphatic hydroxyl groups is 1. The minimum Gasteiger partial charge on any atom is -0.493 e. The molecule has 1 atom stereocenters. The van der Waals surface area contributed by atoms with Crippen molar-refractivity contribution in [2.45, 2.75) is 12.7 Å². The summed E-state index contributed by atoms with van der Waals surface area (Å²) in [5.74, 6) is 0.935. The second-order valence-corrected chi connectivity index (χ2v) is 6.44. The molecule has 1 amide bonds. The minimum absolute atomic E-state index is 0.173. The van der Waals surface area contributed by atoms with Crippen LogP contribution in [-0.2, 0) is 11.3 Å². The Kier molecular flexibility index (Phi) is 5.76. The van der Waals surface area contributed by atoms with Crippen molar-refractivity contribution >= 4 is 35.0 Å². The van der Waals surface area contributed by atoms with E-state index < -0.39 is 12.2 Å². The van der Waals surface area contributed by atoms with Crippen LogP contribution in [0.3, 0.4) is 0 Å². The summed E-state index contributed by atoms with van der Waals surface area (Å²) < 4.78 is 16.2. The molecular formula is C18H17Cl2NO5. The van der Waals surface area contributed by atoms with Crippen LogP contribution in [0.1, 0.15) is 5.56 Å². The lowest BCUT2D eigenvalue weighted by molar-refractivity contribution is 0.0963. The standard InChI is InChI=1S/C18H17Cl2NO5/c1-24-17-7-11(21-8-12(9-22)26-18(21)23)5-6-16(17)25-10-13-14(19)3-2-4-15(13)20/h2-7,12,22H,8-10H2,1H3. The first kappa shape index (κ1) is 18.6. The van der Waals surface area contributed by atoms with Gasteiger partial charge in [-0.05, 0) is 24.3 Å². The van der Waals surface area contributed by atoms with E-state index in [2.05, 4.69) is 0 Å². The Morgan fingerprint density at radius 2 is 1.96 bits per heavy atom. The number of rotatable bonds is 6. The van der Waals surface area contributed by atoms with Gasteiger partial charge in [0.25, 0.3) is 0 Å². The summed E-state index contributed by atoms with van der Waals surface area (Å²) in [5, 5.41) is 10.2. The molecule has 0 aliphatic carbocycles. The molecule has 0 radical (unpaired) electrons. The number of anilines is 1. The van der Waals surface area contributed by atoms with Crippen LogP contribution < -0.4 is 14.4 Å². The van der Waals surface area contributed by atoms with Crippen molar-refractivity contribution in [1.82, 2.24) is 0 Å². The third kappa shape index (κ3) is 3.82. The zero-order valence-electron chi connectivity index (χ0n) is 13.9. The molecule has 0 saturated carbocycles. The Hall–Kier alpha value is -2.15. The molecule has 3 rings (SSSR count). The molecule has 0 bridgehead atoms. The largest absolute Gasteiger partial charge is 0.493 e. The molecule has 26 heavy (non-hydrogen) atoms. The van der Waals surface area contributed by atoms with E-state index in [1.54, 1.807) is 36.4 Å². The predicted octanol–water partition coefficient (Wildman–Crippen LogP) is 3.90. The van der Waals surface area contributed by atoms with E-state index in [1.807, 2.05) is 0 Å². The van der Waals surface area contributed by atoms with Gasteiger partial charge in [0.1, 0.15) is 12.7 Å². The molecule has 138 valence electrons. The van der Waals surface area contributed by atoms with Gasteiger partial charge >= 0.3 is 6.09 Å². The minimum atomic E-state index is -0.535. The molecule has 8 heteroatoms. The second kappa shape index (κ2) is 8.03. The molecule has 1 N–H and O–H groups in total. The van der Waals surface area contributed by atoms with Crippen molar-refractivity contribution in [3.05, 3.63) is 52.0 Å². The maximum Gasteiger partial charge on any atom is 0.414 e. The molecule has 0 aromatic heterocycles. The van der Waals surface area contributed by atoms with Crippen molar-refractivity contribution in [3.63, 3.8) is 0 Å². The van der Waals surface area contributed by atoms with Crippen LogP contribution in [0.4, 0.5) is 10.5 Å². The number of hydrogen-bond donors (Lipinski definition) is 1. The van der Waals surface area contributed by atoms with Crippen LogP contribution >= 0.6 is 23.2 Å². The zero-order valence-corrected chi connectivity index (χ0v) is 15.5. The summed E-state index contributed by atoms with van der Waals surface area (Å²) in [7, 11) is 1.51. The molecule has 1 aliphatic rings. The number of carbonyl (C=O) groups excluding carboxylic acids is 1.